The van der Waals surface area contributed by atoms with Gasteiger partial charge in [-0.1, -0.05) is 33.6 Å². The number of nitrogens with one attached hydrogen (secondary N) is 3. The maximum atomic E-state index is 12.2. The third-order valence-corrected chi connectivity index (χ3v) is 5.42. The van der Waals surface area contributed by atoms with E-state index in [4.69, 9.17) is 4.74 Å². The molecule has 0 unspecified atom stereocenters. The lowest BCUT2D eigenvalue weighted by Gasteiger charge is -2.23. The van der Waals surface area contributed by atoms with E-state index >= 15 is 0 Å². The number of aryl methyl sites for hydroxylation is 1. The van der Waals surface area contributed by atoms with Crippen LogP contribution in [0.3, 0.4) is 0 Å². The molecule has 1 amide bonds. The van der Waals surface area contributed by atoms with Crippen LogP contribution in [0.1, 0.15) is 24.0 Å². The number of hydrogen-bond acceptors (Lipinski definition) is 4. The van der Waals surface area contributed by atoms with E-state index in [1.54, 1.807) is 0 Å². The summed E-state index contributed by atoms with van der Waals surface area (Å²) in [6.07, 6.45) is 2.43. The third-order valence-electron chi connectivity index (χ3n) is 4.92. The summed E-state index contributed by atoms with van der Waals surface area (Å²) >= 11 is 3.52. The summed E-state index contributed by atoms with van der Waals surface area (Å²) in [4.78, 5) is 12.2. The molecule has 2 aromatic carbocycles. The van der Waals surface area contributed by atoms with Gasteiger partial charge in [0.1, 0.15) is 5.75 Å². The molecule has 0 atom stereocenters. The van der Waals surface area contributed by atoms with Crippen molar-refractivity contribution in [2.24, 2.45) is 5.92 Å². The van der Waals surface area contributed by atoms with Crippen molar-refractivity contribution >= 4 is 27.5 Å². The predicted molar refractivity (Wildman–Crippen MR) is 117 cm³/mol. The number of rotatable bonds is 8. The summed E-state index contributed by atoms with van der Waals surface area (Å²) in [6, 6.07) is 13.6. The van der Waals surface area contributed by atoms with Gasteiger partial charge in [-0.15, -0.1) is 0 Å². The average Bonchev–Trinajstić information content (AvgIpc) is 2.70. The lowest BCUT2D eigenvalue weighted by atomic mass is 9.98. The predicted octanol–water partition coefficient (Wildman–Crippen LogP) is 3.86. The highest BCUT2D eigenvalue weighted by Crippen LogP contribution is 2.23. The molecule has 0 bridgehead atoms. The summed E-state index contributed by atoms with van der Waals surface area (Å²) in [5.74, 6) is 1.29. The van der Waals surface area contributed by atoms with Gasteiger partial charge in [0, 0.05) is 22.3 Å². The van der Waals surface area contributed by atoms with E-state index in [2.05, 4.69) is 31.9 Å². The van der Waals surface area contributed by atoms with Gasteiger partial charge in [0.25, 0.3) is 5.91 Å². The fraction of sp³-hybridized carbons (Fsp3) is 0.409. The zero-order valence-corrected chi connectivity index (χ0v) is 17.8. The van der Waals surface area contributed by atoms with Crippen molar-refractivity contribution in [1.29, 1.82) is 0 Å². The molecule has 0 spiro atoms. The second kappa shape index (κ2) is 10.6. The van der Waals surface area contributed by atoms with Crippen molar-refractivity contribution < 1.29 is 9.53 Å². The van der Waals surface area contributed by atoms with E-state index in [9.17, 15) is 4.79 Å². The molecule has 1 saturated heterocycles. The molecule has 5 nitrogen and oxygen atoms in total. The first-order valence-corrected chi connectivity index (χ1v) is 10.6. The van der Waals surface area contributed by atoms with Crippen LogP contribution >= 0.6 is 15.9 Å². The number of hydrogen-bond donors (Lipinski definition) is 3. The quantitative estimate of drug-likeness (QED) is 0.576. The SMILES string of the molecule is Cc1ccc(NC(=O)COc2ccc(Br)cc2CNCC2CCNCC2)cc1. The maximum Gasteiger partial charge on any atom is 0.262 e. The molecule has 6 heteroatoms. The summed E-state index contributed by atoms with van der Waals surface area (Å²) in [6.45, 7) is 5.93. The highest BCUT2D eigenvalue weighted by molar-refractivity contribution is 9.10. The Kier molecular flexibility index (Phi) is 7.89. The number of benzene rings is 2. The van der Waals surface area contributed by atoms with Crippen molar-refractivity contribution in [2.45, 2.75) is 26.3 Å². The third kappa shape index (κ3) is 6.62. The standard InChI is InChI=1S/C22H28BrN3O2/c1-16-2-5-20(6-3-16)26-22(27)15-28-21-7-4-19(23)12-18(21)14-25-13-17-8-10-24-11-9-17/h2-7,12,17,24-25H,8-11,13-15H2,1H3,(H,26,27). The van der Waals surface area contributed by atoms with Crippen molar-refractivity contribution in [2.75, 3.05) is 31.6 Å². The van der Waals surface area contributed by atoms with Crippen LogP contribution in [0, 0.1) is 12.8 Å². The van der Waals surface area contributed by atoms with E-state index in [1.807, 2.05) is 49.4 Å². The van der Waals surface area contributed by atoms with Gasteiger partial charge in [-0.2, -0.15) is 0 Å². The Balaban J connectivity index is 1.51. The summed E-state index contributed by atoms with van der Waals surface area (Å²) in [5, 5.41) is 9.80. The fourth-order valence-electron chi connectivity index (χ4n) is 3.30. The minimum Gasteiger partial charge on any atom is -0.483 e. The molecule has 1 aliphatic heterocycles. The van der Waals surface area contributed by atoms with Crippen LogP contribution in [-0.2, 0) is 11.3 Å². The van der Waals surface area contributed by atoms with Gasteiger partial charge in [0.2, 0.25) is 0 Å². The van der Waals surface area contributed by atoms with Gasteiger partial charge in [0.15, 0.2) is 6.61 Å². The van der Waals surface area contributed by atoms with Gasteiger partial charge in [-0.05, 0) is 75.6 Å². The van der Waals surface area contributed by atoms with E-state index < -0.39 is 0 Å². The fourth-order valence-corrected chi connectivity index (χ4v) is 3.71. The van der Waals surface area contributed by atoms with Crippen LogP contribution < -0.4 is 20.7 Å². The molecule has 3 N–H and O–H groups in total. The van der Waals surface area contributed by atoms with E-state index in [0.717, 1.165) is 59.1 Å². The number of carbonyl (C=O) groups is 1. The molecule has 0 radical (unpaired) electrons. The Labute approximate surface area is 175 Å². The number of ether oxygens (including phenoxy) is 1. The van der Waals surface area contributed by atoms with Crippen LogP contribution in [0.15, 0.2) is 46.9 Å². The van der Waals surface area contributed by atoms with Crippen LogP contribution in [0.5, 0.6) is 5.75 Å². The Bertz CT molecular complexity index is 774. The second-order valence-corrected chi connectivity index (χ2v) is 8.19. The topological polar surface area (TPSA) is 62.4 Å². The lowest BCUT2D eigenvalue weighted by Crippen LogP contribution is -2.33. The minimum absolute atomic E-state index is 0.0171. The summed E-state index contributed by atoms with van der Waals surface area (Å²) in [7, 11) is 0. The smallest absolute Gasteiger partial charge is 0.262 e. The number of anilines is 1. The van der Waals surface area contributed by atoms with Crippen molar-refractivity contribution in [1.82, 2.24) is 10.6 Å². The number of carbonyl (C=O) groups excluding carboxylic acids is 1. The molecule has 28 heavy (non-hydrogen) atoms. The molecule has 1 heterocycles. The molecule has 1 aliphatic rings. The number of piperidine rings is 1. The highest BCUT2D eigenvalue weighted by atomic mass is 79.9. The number of halogens is 1. The Hall–Kier alpha value is -1.89. The first-order chi connectivity index (χ1) is 13.6. The van der Waals surface area contributed by atoms with Gasteiger partial charge in [-0.3, -0.25) is 4.79 Å². The van der Waals surface area contributed by atoms with Crippen LogP contribution in [0.2, 0.25) is 0 Å². The molecular formula is C22H28BrN3O2. The second-order valence-electron chi connectivity index (χ2n) is 7.28. The van der Waals surface area contributed by atoms with Crippen molar-refractivity contribution in [3.05, 3.63) is 58.1 Å². The first kappa shape index (κ1) is 20.8. The van der Waals surface area contributed by atoms with Crippen LogP contribution in [0.25, 0.3) is 0 Å². The molecular weight excluding hydrogens is 418 g/mol. The van der Waals surface area contributed by atoms with Gasteiger partial charge in [-0.25, -0.2) is 0 Å². The molecule has 2 aromatic rings. The Morgan fingerprint density at radius 2 is 1.93 bits per heavy atom. The number of amides is 1. The molecule has 0 saturated carbocycles. The zero-order valence-electron chi connectivity index (χ0n) is 16.3. The van der Waals surface area contributed by atoms with E-state index in [0.29, 0.717) is 0 Å². The van der Waals surface area contributed by atoms with E-state index in [-0.39, 0.29) is 12.5 Å². The monoisotopic (exact) mass is 445 g/mol. The largest absolute Gasteiger partial charge is 0.483 e. The average molecular weight is 446 g/mol. The minimum atomic E-state index is -0.166. The normalized spacial score (nSPS) is 14.6. The Morgan fingerprint density at radius 1 is 1.18 bits per heavy atom. The molecule has 3 rings (SSSR count). The van der Waals surface area contributed by atoms with Gasteiger partial charge in [0.05, 0.1) is 0 Å². The van der Waals surface area contributed by atoms with Crippen molar-refractivity contribution in [3.8, 4) is 5.75 Å². The summed E-state index contributed by atoms with van der Waals surface area (Å²) < 4.78 is 6.81. The van der Waals surface area contributed by atoms with Crippen LogP contribution in [-0.4, -0.2) is 32.1 Å². The van der Waals surface area contributed by atoms with Gasteiger partial charge < -0.3 is 20.7 Å². The molecule has 150 valence electrons. The van der Waals surface area contributed by atoms with Crippen molar-refractivity contribution in [3.63, 3.8) is 0 Å². The van der Waals surface area contributed by atoms with E-state index in [1.165, 1.54) is 12.8 Å². The van der Waals surface area contributed by atoms with Crippen LogP contribution in [0.4, 0.5) is 5.69 Å². The lowest BCUT2D eigenvalue weighted by molar-refractivity contribution is -0.118. The summed E-state index contributed by atoms with van der Waals surface area (Å²) in [5.41, 5.74) is 2.98. The Morgan fingerprint density at radius 3 is 2.68 bits per heavy atom. The maximum absolute atomic E-state index is 12.2. The highest BCUT2D eigenvalue weighted by Gasteiger charge is 2.13. The molecule has 1 fully saturated rings. The molecule has 0 aromatic heterocycles. The molecule has 0 aliphatic carbocycles. The van der Waals surface area contributed by atoms with Gasteiger partial charge >= 0.3 is 0 Å². The first-order valence-electron chi connectivity index (χ1n) is 9.79. The zero-order chi connectivity index (χ0) is 19.8.